The molecule has 2 heterocycles. The van der Waals surface area contributed by atoms with Crippen LogP contribution in [0.5, 0.6) is 0 Å². The first-order valence-electron chi connectivity index (χ1n) is 6.00. The minimum Gasteiger partial charge on any atom is -0.375 e. The molecule has 4 nitrogen and oxygen atoms in total. The van der Waals surface area contributed by atoms with Gasteiger partial charge in [-0.1, -0.05) is 0 Å². The molecule has 1 unspecified atom stereocenters. The number of nitrogens with zero attached hydrogens (tertiary/aromatic N) is 1. The standard InChI is InChI=1S/C12H21N3O/c1-12(2)7-10(4-6-16-12)14-5-3-11-8-13-9-15-11/h8-10,14H,3-7H2,1-2H3,(H,13,15). The van der Waals surface area contributed by atoms with Crippen LogP contribution in [-0.4, -0.2) is 34.8 Å². The molecule has 0 radical (unpaired) electrons. The number of imidazole rings is 1. The molecule has 0 aromatic carbocycles. The fourth-order valence-corrected chi connectivity index (χ4v) is 2.24. The summed E-state index contributed by atoms with van der Waals surface area (Å²) in [5.41, 5.74) is 1.23. The molecule has 1 aromatic rings. The van der Waals surface area contributed by atoms with E-state index in [0.717, 1.165) is 32.4 Å². The Labute approximate surface area is 96.8 Å². The van der Waals surface area contributed by atoms with Crippen LogP contribution in [-0.2, 0) is 11.2 Å². The fourth-order valence-electron chi connectivity index (χ4n) is 2.24. The average Bonchev–Trinajstić information content (AvgIpc) is 2.69. The second kappa shape index (κ2) is 4.97. The molecule has 2 rings (SSSR count). The van der Waals surface area contributed by atoms with Crippen molar-refractivity contribution in [1.82, 2.24) is 15.3 Å². The molecule has 1 aliphatic heterocycles. The smallest absolute Gasteiger partial charge is 0.0921 e. The van der Waals surface area contributed by atoms with Crippen molar-refractivity contribution < 1.29 is 4.74 Å². The lowest BCUT2D eigenvalue weighted by Gasteiger charge is -2.36. The van der Waals surface area contributed by atoms with E-state index in [4.69, 9.17) is 4.74 Å². The summed E-state index contributed by atoms with van der Waals surface area (Å²) in [7, 11) is 0. The number of H-pyrrole nitrogens is 1. The molecule has 90 valence electrons. The summed E-state index contributed by atoms with van der Waals surface area (Å²) in [5, 5.41) is 3.59. The van der Waals surface area contributed by atoms with E-state index in [-0.39, 0.29) is 5.60 Å². The lowest BCUT2D eigenvalue weighted by atomic mass is 9.94. The molecule has 1 atom stereocenters. The van der Waals surface area contributed by atoms with Crippen LogP contribution in [0.1, 0.15) is 32.4 Å². The number of ether oxygens (including phenoxy) is 1. The second-order valence-electron chi connectivity index (χ2n) is 5.08. The summed E-state index contributed by atoms with van der Waals surface area (Å²) in [6, 6.07) is 0.590. The van der Waals surface area contributed by atoms with Crippen LogP contribution in [0.3, 0.4) is 0 Å². The maximum Gasteiger partial charge on any atom is 0.0921 e. The van der Waals surface area contributed by atoms with Gasteiger partial charge in [0.2, 0.25) is 0 Å². The molecule has 4 heteroatoms. The van der Waals surface area contributed by atoms with Crippen LogP contribution >= 0.6 is 0 Å². The van der Waals surface area contributed by atoms with Crippen molar-refractivity contribution in [1.29, 1.82) is 0 Å². The Morgan fingerprint density at radius 1 is 1.62 bits per heavy atom. The van der Waals surface area contributed by atoms with E-state index in [1.54, 1.807) is 6.33 Å². The van der Waals surface area contributed by atoms with Gasteiger partial charge in [0.15, 0.2) is 0 Å². The summed E-state index contributed by atoms with van der Waals surface area (Å²) in [6.45, 7) is 6.20. The van der Waals surface area contributed by atoms with Gasteiger partial charge in [0.1, 0.15) is 0 Å². The van der Waals surface area contributed by atoms with E-state index < -0.39 is 0 Å². The van der Waals surface area contributed by atoms with Crippen LogP contribution in [0.25, 0.3) is 0 Å². The van der Waals surface area contributed by atoms with Crippen molar-refractivity contribution in [3.05, 3.63) is 18.2 Å². The van der Waals surface area contributed by atoms with Gasteiger partial charge in [-0.25, -0.2) is 4.98 Å². The van der Waals surface area contributed by atoms with Gasteiger partial charge in [0.25, 0.3) is 0 Å². The molecule has 0 spiro atoms. The Balaban J connectivity index is 1.70. The van der Waals surface area contributed by atoms with Gasteiger partial charge < -0.3 is 15.0 Å². The van der Waals surface area contributed by atoms with Crippen LogP contribution in [0.15, 0.2) is 12.5 Å². The lowest BCUT2D eigenvalue weighted by molar-refractivity contribution is -0.0627. The van der Waals surface area contributed by atoms with Gasteiger partial charge in [0, 0.05) is 37.5 Å². The number of hydrogen-bond acceptors (Lipinski definition) is 3. The zero-order chi connectivity index (χ0) is 11.4. The largest absolute Gasteiger partial charge is 0.375 e. The van der Waals surface area contributed by atoms with Crippen molar-refractivity contribution in [2.75, 3.05) is 13.2 Å². The lowest BCUT2D eigenvalue weighted by Crippen LogP contribution is -2.44. The zero-order valence-electron chi connectivity index (χ0n) is 10.1. The minimum atomic E-state index is 0.0317. The van der Waals surface area contributed by atoms with E-state index in [2.05, 4.69) is 29.1 Å². The summed E-state index contributed by atoms with van der Waals surface area (Å²) >= 11 is 0. The molecule has 0 amide bonds. The number of aromatic amines is 1. The molecular formula is C12H21N3O. The third kappa shape index (κ3) is 3.32. The van der Waals surface area contributed by atoms with Gasteiger partial charge in [-0.05, 0) is 26.7 Å². The van der Waals surface area contributed by atoms with Crippen LogP contribution in [0.4, 0.5) is 0 Å². The molecule has 1 fully saturated rings. The van der Waals surface area contributed by atoms with Gasteiger partial charge in [-0.3, -0.25) is 0 Å². The Morgan fingerprint density at radius 3 is 3.19 bits per heavy atom. The van der Waals surface area contributed by atoms with Crippen molar-refractivity contribution in [2.45, 2.75) is 44.8 Å². The van der Waals surface area contributed by atoms with Gasteiger partial charge in [-0.2, -0.15) is 0 Å². The maximum atomic E-state index is 5.69. The predicted molar refractivity (Wildman–Crippen MR) is 63.3 cm³/mol. The highest BCUT2D eigenvalue weighted by Crippen LogP contribution is 2.23. The van der Waals surface area contributed by atoms with Crippen LogP contribution < -0.4 is 5.32 Å². The quantitative estimate of drug-likeness (QED) is 0.813. The monoisotopic (exact) mass is 223 g/mol. The highest BCUT2D eigenvalue weighted by molar-refractivity contribution is 4.95. The third-order valence-corrected chi connectivity index (χ3v) is 3.08. The summed E-state index contributed by atoms with van der Waals surface area (Å²) < 4.78 is 5.69. The highest BCUT2D eigenvalue weighted by atomic mass is 16.5. The topological polar surface area (TPSA) is 49.9 Å². The summed E-state index contributed by atoms with van der Waals surface area (Å²) in [4.78, 5) is 7.12. The number of hydrogen-bond donors (Lipinski definition) is 2. The number of aromatic nitrogens is 2. The number of nitrogens with one attached hydrogen (secondary N) is 2. The molecule has 1 aromatic heterocycles. The molecule has 0 bridgehead atoms. The molecule has 16 heavy (non-hydrogen) atoms. The third-order valence-electron chi connectivity index (χ3n) is 3.08. The molecule has 0 saturated carbocycles. The SMILES string of the molecule is CC1(C)CC(NCCc2cnc[nH]2)CCO1. The molecule has 1 aliphatic rings. The van der Waals surface area contributed by atoms with Crippen molar-refractivity contribution >= 4 is 0 Å². The average molecular weight is 223 g/mol. The summed E-state index contributed by atoms with van der Waals surface area (Å²) in [5.74, 6) is 0. The Hall–Kier alpha value is -0.870. The van der Waals surface area contributed by atoms with Gasteiger partial charge in [0.05, 0.1) is 11.9 Å². The first-order chi connectivity index (χ1) is 7.66. The molecule has 1 saturated heterocycles. The van der Waals surface area contributed by atoms with Crippen molar-refractivity contribution in [2.24, 2.45) is 0 Å². The fraction of sp³-hybridized carbons (Fsp3) is 0.750. The molecular weight excluding hydrogens is 202 g/mol. The number of rotatable bonds is 4. The van der Waals surface area contributed by atoms with Crippen LogP contribution in [0.2, 0.25) is 0 Å². The van der Waals surface area contributed by atoms with E-state index in [9.17, 15) is 0 Å². The summed E-state index contributed by atoms with van der Waals surface area (Å²) in [6.07, 6.45) is 6.84. The van der Waals surface area contributed by atoms with E-state index >= 15 is 0 Å². The predicted octanol–water partition coefficient (Wildman–Crippen LogP) is 1.50. The Bertz CT molecular complexity index is 308. The van der Waals surface area contributed by atoms with Gasteiger partial charge >= 0.3 is 0 Å². The molecule has 2 N–H and O–H groups in total. The van der Waals surface area contributed by atoms with E-state index in [1.165, 1.54) is 5.69 Å². The van der Waals surface area contributed by atoms with E-state index in [1.807, 2.05) is 6.20 Å². The normalized spacial score (nSPS) is 24.5. The Kier molecular flexibility index (Phi) is 3.61. The van der Waals surface area contributed by atoms with Crippen molar-refractivity contribution in [3.8, 4) is 0 Å². The molecule has 0 aliphatic carbocycles. The first-order valence-corrected chi connectivity index (χ1v) is 6.00. The maximum absolute atomic E-state index is 5.69. The minimum absolute atomic E-state index is 0.0317. The Morgan fingerprint density at radius 2 is 2.50 bits per heavy atom. The van der Waals surface area contributed by atoms with Crippen molar-refractivity contribution in [3.63, 3.8) is 0 Å². The highest BCUT2D eigenvalue weighted by Gasteiger charge is 2.28. The first kappa shape index (κ1) is 11.6. The zero-order valence-corrected chi connectivity index (χ0v) is 10.1. The van der Waals surface area contributed by atoms with Crippen LogP contribution in [0, 0.1) is 0 Å². The van der Waals surface area contributed by atoms with Gasteiger partial charge in [-0.15, -0.1) is 0 Å². The van der Waals surface area contributed by atoms with E-state index in [0.29, 0.717) is 6.04 Å². The second-order valence-corrected chi connectivity index (χ2v) is 5.08.